The first-order valence-electron chi connectivity index (χ1n) is 11.7. The Balaban J connectivity index is 1.98. The molecule has 0 saturated carbocycles. The summed E-state index contributed by atoms with van der Waals surface area (Å²) in [5.41, 5.74) is 1.86. The molecule has 4 rings (SSSR count). The molecule has 0 N–H and O–H groups in total. The fourth-order valence-electron chi connectivity index (χ4n) is 4.93. The van der Waals surface area contributed by atoms with Gasteiger partial charge >= 0.3 is 218 Å². The van der Waals surface area contributed by atoms with Crippen LogP contribution in [0.25, 0.3) is 0 Å². The van der Waals surface area contributed by atoms with Crippen molar-refractivity contribution in [1.82, 2.24) is 0 Å². The molecule has 0 spiro atoms. The van der Waals surface area contributed by atoms with Crippen LogP contribution in [0.5, 0.6) is 11.5 Å². The van der Waals surface area contributed by atoms with Gasteiger partial charge in [-0.3, -0.25) is 0 Å². The average molecular weight is 600 g/mol. The Morgan fingerprint density at radius 3 is 1.30 bits per heavy atom. The molecule has 0 aliphatic heterocycles. The third kappa shape index (κ3) is 5.52. The molecular weight excluding hydrogens is 574 g/mol. The van der Waals surface area contributed by atoms with Gasteiger partial charge in [0.05, 0.1) is 0 Å². The molecule has 0 unspecified atom stereocenters. The van der Waals surface area contributed by atoms with Gasteiger partial charge < -0.3 is 0 Å². The van der Waals surface area contributed by atoms with Gasteiger partial charge in [0.25, 0.3) is 0 Å². The van der Waals surface area contributed by atoms with E-state index in [1.807, 2.05) is 39.8 Å². The van der Waals surface area contributed by atoms with Crippen molar-refractivity contribution in [2.75, 3.05) is 0 Å². The van der Waals surface area contributed by atoms with Gasteiger partial charge in [-0.2, -0.15) is 0 Å². The van der Waals surface area contributed by atoms with E-state index in [2.05, 4.69) is 0 Å². The maximum absolute atomic E-state index is 13.5. The summed E-state index contributed by atoms with van der Waals surface area (Å²) in [6.45, 7) is 7.57. The van der Waals surface area contributed by atoms with E-state index in [0.29, 0.717) is 12.8 Å². The molecule has 9 heteroatoms. The van der Waals surface area contributed by atoms with E-state index in [1.165, 1.54) is 24.3 Å². The van der Waals surface area contributed by atoms with Crippen LogP contribution in [0, 0.1) is 0 Å². The van der Waals surface area contributed by atoms with Crippen LogP contribution < -0.4 is 5.63 Å². The third-order valence-corrected chi connectivity index (χ3v) is 16.4. The SMILES string of the molecule is CC1=CCC(C)=[C]1[Zr]([O]c1cccc(C(F)(F)F)c1)([O]c1cccc(C(F)(F)F)c1)[C]1=C(C)CC=C1C. The summed E-state index contributed by atoms with van der Waals surface area (Å²) in [6.07, 6.45) is -3.98. The van der Waals surface area contributed by atoms with Crippen LogP contribution in [0.1, 0.15) is 51.7 Å². The van der Waals surface area contributed by atoms with Gasteiger partial charge in [0, 0.05) is 0 Å². The van der Waals surface area contributed by atoms with Crippen LogP contribution >= 0.6 is 0 Å². The van der Waals surface area contributed by atoms with Gasteiger partial charge in [0.2, 0.25) is 0 Å². The first-order valence-corrected chi connectivity index (χ1v) is 16.2. The van der Waals surface area contributed by atoms with Crippen LogP contribution in [0.4, 0.5) is 26.3 Å². The van der Waals surface area contributed by atoms with E-state index in [-0.39, 0.29) is 11.5 Å². The second-order valence-corrected chi connectivity index (χ2v) is 15.9. The molecule has 0 radical (unpaired) electrons. The van der Waals surface area contributed by atoms with Crippen LogP contribution in [-0.2, 0) is 33.5 Å². The van der Waals surface area contributed by atoms with E-state index >= 15 is 0 Å². The van der Waals surface area contributed by atoms with Gasteiger partial charge in [0.1, 0.15) is 0 Å². The Morgan fingerprint density at radius 1 is 0.622 bits per heavy atom. The van der Waals surface area contributed by atoms with Crippen LogP contribution in [0.15, 0.2) is 89.5 Å². The Labute approximate surface area is 217 Å². The van der Waals surface area contributed by atoms with Gasteiger partial charge in [-0.25, -0.2) is 0 Å². The van der Waals surface area contributed by atoms with Crippen molar-refractivity contribution < 1.29 is 53.1 Å². The first-order chi connectivity index (χ1) is 17.2. The van der Waals surface area contributed by atoms with E-state index in [4.69, 9.17) is 5.63 Å². The summed E-state index contributed by atoms with van der Waals surface area (Å²) < 4.78 is 96.1. The van der Waals surface area contributed by atoms with Crippen molar-refractivity contribution in [2.24, 2.45) is 0 Å². The molecule has 2 aliphatic rings. The van der Waals surface area contributed by atoms with Crippen molar-refractivity contribution in [3.63, 3.8) is 0 Å². The first kappa shape index (κ1) is 27.5. The summed E-state index contributed by atoms with van der Waals surface area (Å²) in [5, 5.41) is 0. The Kier molecular flexibility index (Phi) is 7.41. The molecule has 196 valence electrons. The summed E-state index contributed by atoms with van der Waals surface area (Å²) in [7, 11) is 0. The molecule has 0 heterocycles. The minimum atomic E-state index is -5.02. The standard InChI is InChI=1S/2C7H5F3O.2C7H9.Zr/c2*8-7(9,10)5-2-1-3-6(11)4-5;2*1-6-3-4-7(2)5-6;/h2*1-4,11H;2*3H,4H2,1-2H3;/q;;;;+2/p-2. The van der Waals surface area contributed by atoms with Crippen LogP contribution in [0.2, 0.25) is 0 Å². The molecule has 0 aromatic heterocycles. The summed E-state index contributed by atoms with van der Waals surface area (Å²) in [6, 6.07) is 9.15. The molecule has 2 aromatic rings. The summed E-state index contributed by atoms with van der Waals surface area (Å²) in [5.74, 6) is -0.0600. The molecule has 2 nitrogen and oxygen atoms in total. The van der Waals surface area contributed by atoms with Gasteiger partial charge in [0.15, 0.2) is 0 Å². The van der Waals surface area contributed by atoms with Crippen LogP contribution in [0.3, 0.4) is 0 Å². The number of benzene rings is 2. The van der Waals surface area contributed by atoms with E-state index in [1.54, 1.807) is 0 Å². The number of allylic oxidation sites excluding steroid dienone is 8. The van der Waals surface area contributed by atoms with Crippen LogP contribution in [-0.4, -0.2) is 0 Å². The number of alkyl halides is 6. The molecule has 0 amide bonds. The molecule has 0 saturated heterocycles. The normalized spacial score (nSPS) is 16.8. The van der Waals surface area contributed by atoms with Crippen molar-refractivity contribution in [3.8, 4) is 11.5 Å². The topological polar surface area (TPSA) is 18.5 Å². The Morgan fingerprint density at radius 2 is 1.00 bits per heavy atom. The fourth-order valence-corrected chi connectivity index (χ4v) is 15.2. The molecule has 2 aromatic carbocycles. The summed E-state index contributed by atoms with van der Waals surface area (Å²) >= 11 is -5.02. The second kappa shape index (κ2) is 9.97. The summed E-state index contributed by atoms with van der Waals surface area (Å²) in [4.78, 5) is 0. The van der Waals surface area contributed by atoms with Crippen molar-refractivity contribution in [1.29, 1.82) is 0 Å². The minimum absolute atomic E-state index is 0.0300. The zero-order valence-electron chi connectivity index (χ0n) is 20.8. The van der Waals surface area contributed by atoms with Crippen molar-refractivity contribution in [2.45, 2.75) is 52.9 Å². The second-order valence-electron chi connectivity index (χ2n) is 9.37. The molecular formula is C28H26F6O2Zr. The number of halogens is 6. The van der Waals surface area contributed by atoms with Gasteiger partial charge in [-0.05, 0) is 0 Å². The zero-order valence-corrected chi connectivity index (χ0v) is 23.2. The monoisotopic (exact) mass is 598 g/mol. The Bertz CT molecular complexity index is 1240. The van der Waals surface area contributed by atoms with E-state index in [9.17, 15) is 26.3 Å². The van der Waals surface area contributed by atoms with E-state index < -0.39 is 44.6 Å². The van der Waals surface area contributed by atoms with Gasteiger partial charge in [-0.15, -0.1) is 0 Å². The Hall–Kier alpha value is -2.54. The predicted molar refractivity (Wildman–Crippen MR) is 126 cm³/mol. The molecule has 0 bridgehead atoms. The van der Waals surface area contributed by atoms with E-state index in [0.717, 1.165) is 53.1 Å². The average Bonchev–Trinajstić information content (AvgIpc) is 3.33. The van der Waals surface area contributed by atoms with Crippen molar-refractivity contribution in [3.05, 3.63) is 101 Å². The molecule has 37 heavy (non-hydrogen) atoms. The molecule has 2 aliphatic carbocycles. The third-order valence-electron chi connectivity index (χ3n) is 6.58. The predicted octanol–water partition coefficient (Wildman–Crippen LogP) is 9.41. The quantitative estimate of drug-likeness (QED) is 0.308. The maximum atomic E-state index is 13.5. The number of hydrogen-bond acceptors (Lipinski definition) is 2. The van der Waals surface area contributed by atoms with Crippen molar-refractivity contribution >= 4 is 0 Å². The van der Waals surface area contributed by atoms with Gasteiger partial charge in [-0.1, -0.05) is 0 Å². The molecule has 0 atom stereocenters. The zero-order chi connectivity index (χ0) is 27.2. The fraction of sp³-hybridized carbons (Fsp3) is 0.286. The number of rotatable bonds is 6. The molecule has 0 fully saturated rings. The number of hydrogen-bond donors (Lipinski definition) is 0.